The molecule has 0 bridgehead atoms. The third-order valence-electron chi connectivity index (χ3n) is 2.16. The third-order valence-corrected chi connectivity index (χ3v) is 3.28. The number of alkyl halides is 3. The molecule has 0 saturated heterocycles. The average Bonchev–Trinajstić information content (AvgIpc) is 2.38. The van der Waals surface area contributed by atoms with Gasteiger partial charge in [-0.3, -0.25) is 0 Å². The molecule has 20 heavy (non-hydrogen) atoms. The van der Waals surface area contributed by atoms with Crippen molar-refractivity contribution in [3.8, 4) is 0 Å². The van der Waals surface area contributed by atoms with Crippen LogP contribution in [0.5, 0.6) is 0 Å². The van der Waals surface area contributed by atoms with Crippen molar-refractivity contribution in [2.75, 3.05) is 18.5 Å². The fraction of sp³-hybridized carbons (Fsp3) is 0.364. The van der Waals surface area contributed by atoms with Crippen molar-refractivity contribution in [1.29, 1.82) is 0 Å². The first-order valence-electron chi connectivity index (χ1n) is 5.59. The molecule has 0 saturated carbocycles. The first kappa shape index (κ1) is 16.4. The quantitative estimate of drug-likeness (QED) is 0.726. The van der Waals surface area contributed by atoms with Crippen molar-refractivity contribution in [3.05, 3.63) is 24.3 Å². The summed E-state index contributed by atoms with van der Waals surface area (Å²) in [7, 11) is -3.08. The van der Waals surface area contributed by atoms with Gasteiger partial charge in [-0.1, -0.05) is 0 Å². The van der Waals surface area contributed by atoms with Crippen molar-refractivity contribution in [2.45, 2.75) is 16.8 Å². The number of hydrogen-bond donors (Lipinski definition) is 3. The summed E-state index contributed by atoms with van der Waals surface area (Å²) in [4.78, 5) is 10.9. The standard InChI is InChI=1S/C11H13F3N2O3S/c12-11(13,14)20(19)9-4-2-8(3-5-9)16-10(18)15-6-1-7-17/h2-5,17H,1,6-7H2,(H2,15,16,18). The van der Waals surface area contributed by atoms with E-state index in [0.717, 1.165) is 12.1 Å². The lowest BCUT2D eigenvalue weighted by molar-refractivity contribution is -0.0384. The molecular formula is C11H13F3N2O3S. The summed E-state index contributed by atoms with van der Waals surface area (Å²) < 4.78 is 47.7. The number of nitrogens with one attached hydrogen (secondary N) is 2. The van der Waals surface area contributed by atoms with E-state index in [2.05, 4.69) is 10.6 Å². The highest BCUT2D eigenvalue weighted by Gasteiger charge is 2.37. The molecule has 0 fully saturated rings. The zero-order valence-corrected chi connectivity index (χ0v) is 11.1. The molecule has 1 aromatic carbocycles. The van der Waals surface area contributed by atoms with E-state index in [1.807, 2.05) is 0 Å². The molecule has 112 valence electrons. The Morgan fingerprint density at radius 1 is 1.25 bits per heavy atom. The van der Waals surface area contributed by atoms with Gasteiger partial charge in [0.2, 0.25) is 0 Å². The van der Waals surface area contributed by atoms with Gasteiger partial charge >= 0.3 is 11.5 Å². The Labute approximate surface area is 115 Å². The van der Waals surface area contributed by atoms with Crippen LogP contribution >= 0.6 is 0 Å². The largest absolute Gasteiger partial charge is 0.475 e. The van der Waals surface area contributed by atoms with Gasteiger partial charge in [-0.05, 0) is 30.7 Å². The predicted molar refractivity (Wildman–Crippen MR) is 67.6 cm³/mol. The van der Waals surface area contributed by atoms with Crippen LogP contribution in [-0.4, -0.2) is 34.0 Å². The Kier molecular flexibility index (Phi) is 5.96. The van der Waals surface area contributed by atoms with Crippen molar-refractivity contribution in [1.82, 2.24) is 5.32 Å². The number of hydrogen-bond acceptors (Lipinski definition) is 3. The van der Waals surface area contributed by atoms with Gasteiger partial charge in [0.1, 0.15) is 0 Å². The summed E-state index contributed by atoms with van der Waals surface area (Å²) in [5, 5.41) is 13.4. The number of aliphatic hydroxyl groups excluding tert-OH is 1. The molecule has 0 aliphatic rings. The van der Waals surface area contributed by atoms with E-state index >= 15 is 0 Å². The fourth-order valence-electron chi connectivity index (χ4n) is 1.25. The van der Waals surface area contributed by atoms with Crippen LogP contribution in [0.4, 0.5) is 23.7 Å². The molecule has 2 amide bonds. The van der Waals surface area contributed by atoms with E-state index in [-0.39, 0.29) is 23.7 Å². The monoisotopic (exact) mass is 310 g/mol. The van der Waals surface area contributed by atoms with Gasteiger partial charge in [0, 0.05) is 23.7 Å². The smallest absolute Gasteiger partial charge is 0.396 e. The maximum absolute atomic E-state index is 12.2. The Bertz CT molecular complexity index is 477. The second-order valence-corrected chi connectivity index (χ2v) is 5.17. The first-order chi connectivity index (χ1) is 9.34. The maximum atomic E-state index is 12.2. The molecule has 3 N–H and O–H groups in total. The number of aliphatic hydroxyl groups is 1. The molecule has 0 radical (unpaired) electrons. The topological polar surface area (TPSA) is 78.4 Å². The van der Waals surface area contributed by atoms with Crippen molar-refractivity contribution in [2.24, 2.45) is 0 Å². The Morgan fingerprint density at radius 3 is 2.35 bits per heavy atom. The van der Waals surface area contributed by atoms with Crippen LogP contribution in [0.1, 0.15) is 6.42 Å². The van der Waals surface area contributed by atoms with Crippen molar-refractivity contribution >= 4 is 22.5 Å². The van der Waals surface area contributed by atoms with E-state index < -0.39 is 22.3 Å². The zero-order valence-electron chi connectivity index (χ0n) is 10.2. The molecule has 5 nitrogen and oxygen atoms in total. The van der Waals surface area contributed by atoms with Gasteiger partial charge in [0.05, 0.1) is 0 Å². The lowest BCUT2D eigenvalue weighted by Gasteiger charge is -2.09. The molecular weight excluding hydrogens is 297 g/mol. The fourth-order valence-corrected chi connectivity index (χ4v) is 1.90. The lowest BCUT2D eigenvalue weighted by Crippen LogP contribution is -2.29. The number of amides is 2. The van der Waals surface area contributed by atoms with Crippen LogP contribution in [0.15, 0.2) is 29.2 Å². The van der Waals surface area contributed by atoms with E-state index in [4.69, 9.17) is 5.11 Å². The summed E-state index contributed by atoms with van der Waals surface area (Å²) in [5.41, 5.74) is -4.54. The highest BCUT2D eigenvalue weighted by molar-refractivity contribution is 7.86. The molecule has 0 aromatic heterocycles. The summed E-state index contributed by atoms with van der Waals surface area (Å²) in [6, 6.07) is 3.98. The normalized spacial score (nSPS) is 12.8. The maximum Gasteiger partial charge on any atom is 0.475 e. The second kappa shape index (κ2) is 7.25. The van der Waals surface area contributed by atoms with Crippen molar-refractivity contribution in [3.63, 3.8) is 0 Å². The SMILES string of the molecule is O=C(NCCCO)Nc1ccc(S(=O)C(F)(F)F)cc1. The Balaban J connectivity index is 2.59. The van der Waals surface area contributed by atoms with Crippen LogP contribution in [0.2, 0.25) is 0 Å². The van der Waals surface area contributed by atoms with Crippen LogP contribution in [0.3, 0.4) is 0 Å². The lowest BCUT2D eigenvalue weighted by atomic mass is 10.3. The van der Waals surface area contributed by atoms with Crippen LogP contribution in [-0.2, 0) is 10.8 Å². The van der Waals surface area contributed by atoms with Crippen LogP contribution in [0, 0.1) is 0 Å². The molecule has 0 spiro atoms. The first-order valence-corrected chi connectivity index (χ1v) is 6.74. The number of anilines is 1. The zero-order chi connectivity index (χ0) is 15.2. The molecule has 0 aliphatic heterocycles. The number of benzene rings is 1. The van der Waals surface area contributed by atoms with Gasteiger partial charge < -0.3 is 15.7 Å². The molecule has 1 aromatic rings. The van der Waals surface area contributed by atoms with Gasteiger partial charge in [0.25, 0.3) is 0 Å². The summed E-state index contributed by atoms with van der Waals surface area (Å²) >= 11 is 0. The summed E-state index contributed by atoms with van der Waals surface area (Å²) in [5.74, 6) is 0. The number of urea groups is 1. The van der Waals surface area contributed by atoms with Crippen LogP contribution < -0.4 is 10.6 Å². The van der Waals surface area contributed by atoms with Gasteiger partial charge in [-0.15, -0.1) is 0 Å². The minimum absolute atomic E-state index is 0.0573. The number of halogens is 3. The number of carbonyl (C=O) groups excluding carboxylic acids is 1. The molecule has 1 rings (SSSR count). The van der Waals surface area contributed by atoms with Gasteiger partial charge in [0.15, 0.2) is 10.8 Å². The molecule has 1 atom stereocenters. The van der Waals surface area contributed by atoms with E-state index in [1.165, 1.54) is 12.1 Å². The summed E-state index contributed by atoms with van der Waals surface area (Å²) in [6.45, 7) is 0.219. The molecule has 0 aliphatic carbocycles. The number of carbonyl (C=O) groups is 1. The Hall–Kier alpha value is -1.61. The highest BCUT2D eigenvalue weighted by atomic mass is 32.2. The molecule has 1 unspecified atom stereocenters. The van der Waals surface area contributed by atoms with Gasteiger partial charge in [-0.2, -0.15) is 13.2 Å². The van der Waals surface area contributed by atoms with E-state index in [0.29, 0.717) is 6.42 Å². The number of rotatable bonds is 5. The minimum atomic E-state index is -4.81. The molecule has 9 heteroatoms. The summed E-state index contributed by atoms with van der Waals surface area (Å²) in [6.07, 6.45) is 0.400. The van der Waals surface area contributed by atoms with Crippen LogP contribution in [0.25, 0.3) is 0 Å². The average molecular weight is 310 g/mol. The Morgan fingerprint density at radius 2 is 1.85 bits per heavy atom. The van der Waals surface area contributed by atoms with Crippen molar-refractivity contribution < 1.29 is 27.3 Å². The third kappa shape index (κ3) is 5.17. The van der Waals surface area contributed by atoms with Gasteiger partial charge in [-0.25, -0.2) is 9.00 Å². The van der Waals surface area contributed by atoms with E-state index in [9.17, 15) is 22.2 Å². The van der Waals surface area contributed by atoms with E-state index in [1.54, 1.807) is 0 Å². The second-order valence-electron chi connectivity index (χ2n) is 3.70. The minimum Gasteiger partial charge on any atom is -0.396 e. The predicted octanol–water partition coefficient (Wildman–Crippen LogP) is 1.82. The molecule has 0 heterocycles. The highest BCUT2D eigenvalue weighted by Crippen LogP contribution is 2.26.